The van der Waals surface area contributed by atoms with E-state index in [-0.39, 0.29) is 29.2 Å². The lowest BCUT2D eigenvalue weighted by molar-refractivity contribution is -0.116. The van der Waals surface area contributed by atoms with Gasteiger partial charge in [-0.3, -0.25) is 4.79 Å². The molecule has 0 heterocycles. The molecule has 3 aromatic rings. The summed E-state index contributed by atoms with van der Waals surface area (Å²) in [6.07, 6.45) is 2.47. The van der Waals surface area contributed by atoms with Crippen LogP contribution >= 0.6 is 0 Å². The Hall–Kier alpha value is -3.49. The molecule has 2 N–H and O–H groups in total. The lowest BCUT2D eigenvalue weighted by Crippen LogP contribution is -2.26. The molecule has 8 heteroatoms. The highest BCUT2D eigenvalue weighted by Gasteiger charge is 2.18. The monoisotopic (exact) mass is 508 g/mol. The fourth-order valence-electron chi connectivity index (χ4n) is 3.51. The van der Waals surface area contributed by atoms with Gasteiger partial charge in [-0.25, -0.2) is 17.9 Å². The average molecular weight is 509 g/mol. The zero-order valence-electron chi connectivity index (χ0n) is 20.6. The Morgan fingerprint density at radius 2 is 1.58 bits per heavy atom. The Labute approximate surface area is 212 Å². The molecule has 3 rings (SSSR count). The van der Waals surface area contributed by atoms with E-state index in [9.17, 15) is 18.0 Å². The number of unbranched alkanes of at least 4 members (excludes halogenated alkanes) is 1. The third-order valence-corrected chi connectivity index (χ3v) is 7.20. The van der Waals surface area contributed by atoms with E-state index >= 15 is 0 Å². The number of esters is 1. The molecule has 0 fully saturated rings. The highest BCUT2D eigenvalue weighted by atomic mass is 32.2. The fraction of sp³-hybridized carbons (Fsp3) is 0.286. The van der Waals surface area contributed by atoms with Gasteiger partial charge in [0.05, 0.1) is 17.1 Å². The number of hydrogen-bond donors (Lipinski definition) is 2. The number of amides is 1. The van der Waals surface area contributed by atoms with Crippen molar-refractivity contribution < 1.29 is 22.7 Å². The zero-order valence-corrected chi connectivity index (χ0v) is 21.4. The Morgan fingerprint density at radius 1 is 0.917 bits per heavy atom. The summed E-state index contributed by atoms with van der Waals surface area (Å²) in [7, 11) is -3.68. The molecular weight excluding hydrogens is 476 g/mol. The van der Waals surface area contributed by atoms with Crippen molar-refractivity contribution in [3.05, 3.63) is 95.6 Å². The third-order valence-electron chi connectivity index (χ3n) is 5.64. The topological polar surface area (TPSA) is 102 Å². The van der Waals surface area contributed by atoms with Crippen molar-refractivity contribution in [2.75, 3.05) is 11.9 Å². The van der Waals surface area contributed by atoms with Gasteiger partial charge in [-0.2, -0.15) is 0 Å². The molecule has 0 saturated heterocycles. The molecule has 0 spiro atoms. The Morgan fingerprint density at radius 3 is 2.22 bits per heavy atom. The molecule has 1 atom stereocenters. The Balaban J connectivity index is 1.49. The summed E-state index contributed by atoms with van der Waals surface area (Å²) >= 11 is 0. The summed E-state index contributed by atoms with van der Waals surface area (Å²) in [5, 5.41) is 2.81. The summed E-state index contributed by atoms with van der Waals surface area (Å²) in [5.74, 6) is -0.556. The lowest BCUT2D eigenvalue weighted by Gasteiger charge is -2.15. The van der Waals surface area contributed by atoms with Crippen molar-refractivity contribution in [1.82, 2.24) is 4.72 Å². The van der Waals surface area contributed by atoms with E-state index in [1.807, 2.05) is 37.3 Å². The van der Waals surface area contributed by atoms with Gasteiger partial charge in [-0.05, 0) is 67.3 Å². The SMILES string of the molecule is CCCCOC(=O)c1ccc(NC(=O)CCc2ccc(S(=O)(=O)N[C@@H](C)c3ccccc3)cc2)cc1. The molecule has 0 unspecified atom stereocenters. The molecule has 0 radical (unpaired) electrons. The van der Waals surface area contributed by atoms with E-state index < -0.39 is 10.0 Å². The van der Waals surface area contributed by atoms with Crippen molar-refractivity contribution >= 4 is 27.6 Å². The smallest absolute Gasteiger partial charge is 0.338 e. The summed E-state index contributed by atoms with van der Waals surface area (Å²) < 4.78 is 33.3. The second-order valence-electron chi connectivity index (χ2n) is 8.51. The number of nitrogens with one attached hydrogen (secondary N) is 2. The van der Waals surface area contributed by atoms with Gasteiger partial charge in [0.2, 0.25) is 15.9 Å². The minimum atomic E-state index is -3.68. The molecule has 0 aliphatic heterocycles. The van der Waals surface area contributed by atoms with Gasteiger partial charge in [0.15, 0.2) is 0 Å². The highest BCUT2D eigenvalue weighted by molar-refractivity contribution is 7.89. The standard InChI is InChI=1S/C28H32N2O5S/c1-3-4-20-35-28(32)24-13-15-25(16-14-24)29-27(31)19-12-22-10-17-26(18-11-22)36(33,34)30-21(2)23-8-6-5-7-9-23/h5-11,13-18,21,30H,3-4,12,19-20H2,1-2H3,(H,29,31)/t21-/m0/s1. The fourth-order valence-corrected chi connectivity index (χ4v) is 4.74. The van der Waals surface area contributed by atoms with Crippen molar-refractivity contribution in [2.24, 2.45) is 0 Å². The van der Waals surface area contributed by atoms with Crippen LogP contribution in [0.3, 0.4) is 0 Å². The number of ether oxygens (including phenoxy) is 1. The number of rotatable bonds is 12. The maximum absolute atomic E-state index is 12.7. The number of benzene rings is 3. The van der Waals surface area contributed by atoms with Crippen molar-refractivity contribution in [3.8, 4) is 0 Å². The third kappa shape index (κ3) is 8.03. The highest BCUT2D eigenvalue weighted by Crippen LogP contribution is 2.18. The molecule has 36 heavy (non-hydrogen) atoms. The van der Waals surface area contributed by atoms with Crippen LogP contribution in [0.5, 0.6) is 0 Å². The molecule has 3 aromatic carbocycles. The number of anilines is 1. The Bertz CT molecular complexity index is 1240. The first-order valence-corrected chi connectivity index (χ1v) is 13.5. The molecule has 7 nitrogen and oxygen atoms in total. The predicted octanol–water partition coefficient (Wildman–Crippen LogP) is 5.25. The minimum absolute atomic E-state index is 0.173. The van der Waals surface area contributed by atoms with Crippen LogP contribution in [-0.2, 0) is 26.0 Å². The van der Waals surface area contributed by atoms with E-state index in [1.54, 1.807) is 55.5 Å². The van der Waals surface area contributed by atoms with E-state index in [0.29, 0.717) is 24.3 Å². The second-order valence-corrected chi connectivity index (χ2v) is 10.2. The zero-order chi connectivity index (χ0) is 26.0. The van der Waals surface area contributed by atoms with Crippen LogP contribution in [0.2, 0.25) is 0 Å². The maximum Gasteiger partial charge on any atom is 0.338 e. The van der Waals surface area contributed by atoms with Gasteiger partial charge in [-0.15, -0.1) is 0 Å². The van der Waals surface area contributed by atoms with Crippen LogP contribution in [0.25, 0.3) is 0 Å². The molecule has 0 aliphatic carbocycles. The van der Waals surface area contributed by atoms with Crippen molar-refractivity contribution in [3.63, 3.8) is 0 Å². The molecule has 0 aromatic heterocycles. The molecular formula is C28H32N2O5S. The van der Waals surface area contributed by atoms with Crippen LogP contribution in [0, 0.1) is 0 Å². The number of hydrogen-bond acceptors (Lipinski definition) is 5. The number of sulfonamides is 1. The molecule has 190 valence electrons. The first kappa shape index (κ1) is 27.1. The van der Waals surface area contributed by atoms with Crippen LogP contribution in [0.4, 0.5) is 5.69 Å². The van der Waals surface area contributed by atoms with Crippen molar-refractivity contribution in [2.45, 2.75) is 50.5 Å². The molecule has 0 aliphatic rings. The predicted molar refractivity (Wildman–Crippen MR) is 140 cm³/mol. The first-order chi connectivity index (χ1) is 17.3. The van der Waals surface area contributed by atoms with Crippen molar-refractivity contribution in [1.29, 1.82) is 0 Å². The van der Waals surface area contributed by atoms with Gasteiger partial charge in [0.25, 0.3) is 0 Å². The van der Waals surface area contributed by atoms with E-state index in [1.165, 1.54) is 0 Å². The van der Waals surface area contributed by atoms with Crippen LogP contribution in [-0.4, -0.2) is 26.9 Å². The number of carbonyl (C=O) groups is 2. The lowest BCUT2D eigenvalue weighted by atomic mass is 10.1. The van der Waals surface area contributed by atoms with Gasteiger partial charge in [0, 0.05) is 18.2 Å². The van der Waals surface area contributed by atoms with E-state index in [0.717, 1.165) is 24.0 Å². The maximum atomic E-state index is 12.7. The van der Waals surface area contributed by atoms with Crippen LogP contribution < -0.4 is 10.0 Å². The molecule has 1 amide bonds. The van der Waals surface area contributed by atoms with Gasteiger partial charge < -0.3 is 10.1 Å². The van der Waals surface area contributed by atoms with Gasteiger partial charge >= 0.3 is 5.97 Å². The average Bonchev–Trinajstić information content (AvgIpc) is 2.88. The summed E-state index contributed by atoms with van der Waals surface area (Å²) in [4.78, 5) is 24.5. The van der Waals surface area contributed by atoms with E-state index in [2.05, 4.69) is 10.0 Å². The Kier molecular flexibility index (Phi) is 9.78. The van der Waals surface area contributed by atoms with Gasteiger partial charge in [-0.1, -0.05) is 55.8 Å². The largest absolute Gasteiger partial charge is 0.462 e. The number of aryl methyl sites for hydroxylation is 1. The first-order valence-electron chi connectivity index (χ1n) is 12.0. The normalized spacial score (nSPS) is 12.1. The second kappa shape index (κ2) is 13.0. The summed E-state index contributed by atoms with van der Waals surface area (Å²) in [5.41, 5.74) is 2.76. The van der Waals surface area contributed by atoms with Gasteiger partial charge in [0.1, 0.15) is 0 Å². The van der Waals surface area contributed by atoms with Crippen LogP contribution in [0.1, 0.15) is 60.6 Å². The van der Waals surface area contributed by atoms with E-state index in [4.69, 9.17) is 4.74 Å². The summed E-state index contributed by atoms with van der Waals surface area (Å²) in [6.45, 7) is 4.22. The number of carbonyl (C=O) groups excluding carboxylic acids is 2. The van der Waals surface area contributed by atoms with Crippen LogP contribution in [0.15, 0.2) is 83.8 Å². The molecule has 0 saturated carbocycles. The quantitative estimate of drug-likeness (QED) is 0.257. The molecule has 0 bridgehead atoms. The summed E-state index contributed by atoms with van der Waals surface area (Å²) in [6, 6.07) is 22.1. The minimum Gasteiger partial charge on any atom is -0.462 e.